The van der Waals surface area contributed by atoms with Gasteiger partial charge in [-0.25, -0.2) is 4.79 Å². The maximum atomic E-state index is 10.9. The first-order valence-electron chi connectivity index (χ1n) is 6.46. The number of carboxylic acid groups (broad SMARTS) is 1. The van der Waals surface area contributed by atoms with E-state index in [0.717, 1.165) is 0 Å². The van der Waals surface area contributed by atoms with Gasteiger partial charge in [-0.1, -0.05) is 34.8 Å². The van der Waals surface area contributed by atoms with Gasteiger partial charge in [-0.2, -0.15) is 0 Å². The third-order valence-corrected chi connectivity index (χ3v) is 3.91. The summed E-state index contributed by atoms with van der Waals surface area (Å²) in [4.78, 5) is 10.9. The molecule has 0 aliphatic carbocycles. The lowest BCUT2D eigenvalue weighted by Crippen LogP contribution is -2.12. The molecule has 23 heavy (non-hydrogen) atoms. The highest BCUT2D eigenvalue weighted by molar-refractivity contribution is 6.43. The summed E-state index contributed by atoms with van der Waals surface area (Å²) in [6.07, 6.45) is 0. The Hall–Kier alpha value is -1.82. The molecule has 0 aliphatic heterocycles. The number of phenols is 1. The highest BCUT2D eigenvalue weighted by Crippen LogP contribution is 2.33. The zero-order chi connectivity index (χ0) is 17.0. The number of ether oxygens (including phenoxy) is 1. The van der Waals surface area contributed by atoms with Crippen molar-refractivity contribution in [3.05, 3.63) is 51.0 Å². The van der Waals surface area contributed by atoms with E-state index in [1.165, 1.54) is 24.3 Å². The van der Waals surface area contributed by atoms with Crippen LogP contribution < -0.4 is 10.1 Å². The molecule has 0 saturated heterocycles. The number of benzene rings is 2. The Morgan fingerprint density at radius 1 is 1.09 bits per heavy atom. The topological polar surface area (TPSA) is 78.8 Å². The number of hydrogen-bond donors (Lipinski definition) is 3. The molecule has 0 amide bonds. The van der Waals surface area contributed by atoms with Gasteiger partial charge in [-0.15, -0.1) is 0 Å². The standard InChI is InChI=1S/C15H12Cl3NO4/c16-10-6-12(18)14(7-11(10)17)23-4-3-19-8-1-2-13(20)9(5-8)15(21)22/h1-2,5-7,19-20H,3-4H2,(H,21,22). The van der Waals surface area contributed by atoms with Gasteiger partial charge in [0.1, 0.15) is 23.7 Å². The van der Waals surface area contributed by atoms with E-state index in [1.807, 2.05) is 0 Å². The van der Waals surface area contributed by atoms with Crippen LogP contribution >= 0.6 is 34.8 Å². The van der Waals surface area contributed by atoms with Gasteiger partial charge in [0.15, 0.2) is 0 Å². The lowest BCUT2D eigenvalue weighted by atomic mass is 10.2. The van der Waals surface area contributed by atoms with Crippen LogP contribution in [0.3, 0.4) is 0 Å². The maximum absolute atomic E-state index is 10.9. The van der Waals surface area contributed by atoms with Crippen LogP contribution in [0.5, 0.6) is 11.5 Å². The van der Waals surface area contributed by atoms with Crippen LogP contribution in [0.15, 0.2) is 30.3 Å². The second-order valence-corrected chi connectivity index (χ2v) is 5.73. The van der Waals surface area contributed by atoms with E-state index in [4.69, 9.17) is 44.6 Å². The van der Waals surface area contributed by atoms with Crippen molar-refractivity contribution in [2.45, 2.75) is 0 Å². The van der Waals surface area contributed by atoms with Crippen LogP contribution in [0, 0.1) is 0 Å². The van der Waals surface area contributed by atoms with Gasteiger partial charge in [0.25, 0.3) is 0 Å². The van der Waals surface area contributed by atoms with E-state index in [-0.39, 0.29) is 17.9 Å². The first-order chi connectivity index (χ1) is 10.9. The molecule has 2 rings (SSSR count). The summed E-state index contributed by atoms with van der Waals surface area (Å²) in [7, 11) is 0. The molecule has 8 heteroatoms. The fourth-order valence-corrected chi connectivity index (χ4v) is 2.38. The highest BCUT2D eigenvalue weighted by atomic mass is 35.5. The Kier molecular flexibility index (Phi) is 5.82. The van der Waals surface area contributed by atoms with E-state index in [9.17, 15) is 9.90 Å². The molecular formula is C15H12Cl3NO4. The molecule has 0 heterocycles. The van der Waals surface area contributed by atoms with E-state index in [1.54, 1.807) is 6.07 Å². The summed E-state index contributed by atoms with van der Waals surface area (Å²) in [5, 5.41) is 22.4. The molecule has 0 atom stereocenters. The van der Waals surface area contributed by atoms with Crippen LogP contribution in [0.2, 0.25) is 15.1 Å². The van der Waals surface area contributed by atoms with Crippen LogP contribution in [0.1, 0.15) is 10.4 Å². The number of hydrogen-bond acceptors (Lipinski definition) is 4. The average molecular weight is 377 g/mol. The van der Waals surface area contributed by atoms with E-state index < -0.39 is 5.97 Å². The van der Waals surface area contributed by atoms with Gasteiger partial charge in [0, 0.05) is 18.3 Å². The summed E-state index contributed by atoms with van der Waals surface area (Å²) < 4.78 is 5.49. The summed E-state index contributed by atoms with van der Waals surface area (Å²) in [6.45, 7) is 0.654. The Morgan fingerprint density at radius 2 is 1.78 bits per heavy atom. The minimum Gasteiger partial charge on any atom is -0.507 e. The number of nitrogens with one attached hydrogen (secondary N) is 1. The lowest BCUT2D eigenvalue weighted by molar-refractivity contribution is 0.0694. The smallest absolute Gasteiger partial charge is 0.339 e. The summed E-state index contributed by atoms with van der Waals surface area (Å²) in [6, 6.07) is 7.23. The van der Waals surface area contributed by atoms with Crippen molar-refractivity contribution in [1.29, 1.82) is 0 Å². The van der Waals surface area contributed by atoms with E-state index >= 15 is 0 Å². The Morgan fingerprint density at radius 3 is 2.48 bits per heavy atom. The fraction of sp³-hybridized carbons (Fsp3) is 0.133. The molecule has 122 valence electrons. The molecule has 0 bridgehead atoms. The fourth-order valence-electron chi connectivity index (χ4n) is 1.79. The molecule has 0 unspecified atom stereocenters. The van der Waals surface area contributed by atoms with E-state index in [0.29, 0.717) is 33.0 Å². The maximum Gasteiger partial charge on any atom is 0.339 e. The predicted molar refractivity (Wildman–Crippen MR) is 90.5 cm³/mol. The van der Waals surface area contributed by atoms with Crippen molar-refractivity contribution in [1.82, 2.24) is 0 Å². The van der Waals surface area contributed by atoms with Gasteiger partial charge in [-0.3, -0.25) is 0 Å². The normalized spacial score (nSPS) is 10.4. The van der Waals surface area contributed by atoms with Crippen LogP contribution in [0.25, 0.3) is 0 Å². The first kappa shape index (κ1) is 17.5. The van der Waals surface area contributed by atoms with Crippen molar-refractivity contribution >= 4 is 46.5 Å². The van der Waals surface area contributed by atoms with Crippen LogP contribution in [0.4, 0.5) is 5.69 Å². The second-order valence-electron chi connectivity index (χ2n) is 4.51. The quantitative estimate of drug-likeness (QED) is 0.392. The minimum absolute atomic E-state index is 0.177. The molecular weight excluding hydrogens is 365 g/mol. The van der Waals surface area contributed by atoms with Gasteiger partial charge in [0.05, 0.1) is 15.1 Å². The molecule has 0 aromatic heterocycles. The number of halogens is 3. The lowest BCUT2D eigenvalue weighted by Gasteiger charge is -2.11. The monoisotopic (exact) mass is 375 g/mol. The minimum atomic E-state index is -1.20. The Labute approximate surface area is 147 Å². The number of carboxylic acids is 1. The van der Waals surface area contributed by atoms with Crippen LogP contribution in [-0.2, 0) is 0 Å². The van der Waals surface area contributed by atoms with Gasteiger partial charge < -0.3 is 20.3 Å². The predicted octanol–water partition coefficient (Wildman–Crippen LogP) is 4.54. The largest absolute Gasteiger partial charge is 0.507 e. The molecule has 5 nitrogen and oxygen atoms in total. The highest BCUT2D eigenvalue weighted by Gasteiger charge is 2.10. The Balaban J connectivity index is 1.92. The molecule has 0 radical (unpaired) electrons. The second kappa shape index (κ2) is 7.64. The van der Waals surface area contributed by atoms with Gasteiger partial charge >= 0.3 is 5.97 Å². The molecule has 0 saturated carbocycles. The summed E-state index contributed by atoms with van der Waals surface area (Å²) >= 11 is 17.7. The van der Waals surface area contributed by atoms with Gasteiger partial charge in [-0.05, 0) is 24.3 Å². The van der Waals surface area contributed by atoms with Crippen LogP contribution in [-0.4, -0.2) is 29.3 Å². The number of rotatable bonds is 6. The van der Waals surface area contributed by atoms with Crippen molar-refractivity contribution in [2.24, 2.45) is 0 Å². The van der Waals surface area contributed by atoms with Crippen molar-refractivity contribution < 1.29 is 19.7 Å². The van der Waals surface area contributed by atoms with Crippen molar-refractivity contribution in [3.8, 4) is 11.5 Å². The summed E-state index contributed by atoms with van der Waals surface area (Å²) in [5.74, 6) is -1.09. The first-order valence-corrected chi connectivity index (χ1v) is 7.59. The van der Waals surface area contributed by atoms with E-state index in [2.05, 4.69) is 5.32 Å². The molecule has 0 spiro atoms. The van der Waals surface area contributed by atoms with Crippen molar-refractivity contribution in [3.63, 3.8) is 0 Å². The summed E-state index contributed by atoms with van der Waals surface area (Å²) in [5.41, 5.74) is 0.368. The SMILES string of the molecule is O=C(O)c1cc(NCCOc2cc(Cl)c(Cl)cc2Cl)ccc1O. The molecule has 2 aromatic carbocycles. The zero-order valence-corrected chi connectivity index (χ0v) is 13.9. The molecule has 0 aliphatic rings. The number of anilines is 1. The zero-order valence-electron chi connectivity index (χ0n) is 11.6. The molecule has 3 N–H and O–H groups in total. The average Bonchev–Trinajstić information content (AvgIpc) is 2.49. The Bertz CT molecular complexity index is 737. The molecule has 2 aromatic rings. The number of aromatic hydroxyl groups is 1. The third-order valence-electron chi connectivity index (χ3n) is 2.89. The van der Waals surface area contributed by atoms with Gasteiger partial charge in [0.2, 0.25) is 0 Å². The number of carbonyl (C=O) groups is 1. The number of aromatic carboxylic acids is 1. The molecule has 0 fully saturated rings. The third kappa shape index (κ3) is 4.58. The van der Waals surface area contributed by atoms with Crippen molar-refractivity contribution in [2.75, 3.05) is 18.5 Å².